The maximum atomic E-state index is 14.1. The van der Waals surface area contributed by atoms with E-state index in [1.54, 1.807) is 30.6 Å². The van der Waals surface area contributed by atoms with E-state index in [1.807, 2.05) is 48.6 Å². The summed E-state index contributed by atoms with van der Waals surface area (Å²) in [5.41, 5.74) is 9.61. The van der Waals surface area contributed by atoms with Gasteiger partial charge in [0.15, 0.2) is 5.65 Å². The lowest BCUT2D eigenvalue weighted by Crippen LogP contribution is -2.29. The van der Waals surface area contributed by atoms with E-state index in [4.69, 9.17) is 5.73 Å². The van der Waals surface area contributed by atoms with Crippen LogP contribution in [0.1, 0.15) is 51.1 Å². The molecule has 1 fully saturated rings. The highest BCUT2D eigenvalue weighted by molar-refractivity contribution is 6.04. The molecule has 50 heavy (non-hydrogen) atoms. The molecule has 262 valence electrons. The molecule has 3 heterocycles. The van der Waals surface area contributed by atoms with Gasteiger partial charge in [0.25, 0.3) is 5.91 Å². The van der Waals surface area contributed by atoms with E-state index >= 15 is 0 Å². The van der Waals surface area contributed by atoms with Gasteiger partial charge in [-0.15, -0.1) is 0 Å². The van der Waals surface area contributed by atoms with Crippen LogP contribution in [0.3, 0.4) is 0 Å². The van der Waals surface area contributed by atoms with E-state index in [0.717, 1.165) is 37.6 Å². The number of hydrogen-bond acceptors (Lipinski definition) is 8. The van der Waals surface area contributed by atoms with Crippen LogP contribution >= 0.6 is 0 Å². The monoisotopic (exact) mass is 685 g/mol. The SMILES string of the molecule is CNCCCN=CC(=CN)Nc1cccn2c(C#Cc3cc(C(=O)Nc4ccc(CN5CCC(NC)C5)c(C(F)(F)F)c4)ccc3C)cnc12. The molecule has 1 aliphatic heterocycles. The van der Waals surface area contributed by atoms with Crippen LogP contribution < -0.4 is 27.0 Å². The zero-order valence-electron chi connectivity index (χ0n) is 28.4. The summed E-state index contributed by atoms with van der Waals surface area (Å²) in [5, 5.41) is 12.2. The van der Waals surface area contributed by atoms with Gasteiger partial charge in [-0.25, -0.2) is 4.98 Å². The lowest BCUT2D eigenvalue weighted by Gasteiger charge is -2.20. The summed E-state index contributed by atoms with van der Waals surface area (Å²) in [5.74, 6) is 5.74. The maximum absolute atomic E-state index is 14.1. The number of amides is 1. The van der Waals surface area contributed by atoms with E-state index in [9.17, 15) is 18.0 Å². The number of allylic oxidation sites excluding steroid dienone is 1. The first-order valence-corrected chi connectivity index (χ1v) is 16.4. The molecule has 1 atom stereocenters. The largest absolute Gasteiger partial charge is 0.416 e. The number of hydrogen-bond donors (Lipinski definition) is 5. The molecule has 1 saturated heterocycles. The van der Waals surface area contributed by atoms with Crippen molar-refractivity contribution in [1.29, 1.82) is 0 Å². The maximum Gasteiger partial charge on any atom is 0.416 e. The topological polar surface area (TPSA) is 124 Å². The van der Waals surface area contributed by atoms with E-state index in [1.165, 1.54) is 18.3 Å². The lowest BCUT2D eigenvalue weighted by molar-refractivity contribution is -0.138. The molecule has 4 aromatic rings. The quantitative estimate of drug-likeness (QED) is 0.0809. The third-order valence-corrected chi connectivity index (χ3v) is 8.51. The molecule has 6 N–H and O–H groups in total. The van der Waals surface area contributed by atoms with Crippen molar-refractivity contribution in [2.24, 2.45) is 10.7 Å². The van der Waals surface area contributed by atoms with Crippen LogP contribution in [0.2, 0.25) is 0 Å². The number of pyridine rings is 1. The van der Waals surface area contributed by atoms with Gasteiger partial charge < -0.3 is 27.0 Å². The number of carbonyl (C=O) groups excluding carboxylic acids is 1. The fourth-order valence-corrected chi connectivity index (χ4v) is 5.72. The number of anilines is 2. The lowest BCUT2D eigenvalue weighted by atomic mass is 10.0. The number of nitrogens with two attached hydrogens (primary N) is 1. The minimum atomic E-state index is -4.57. The number of imidazole rings is 1. The minimum absolute atomic E-state index is 0.0663. The third-order valence-electron chi connectivity index (χ3n) is 8.51. The van der Waals surface area contributed by atoms with Gasteiger partial charge in [-0.1, -0.05) is 18.1 Å². The number of likely N-dealkylation sites (tertiary alicyclic amines) is 1. The molecule has 0 aliphatic carbocycles. The number of aliphatic imine (C=N–C) groups is 1. The number of benzene rings is 2. The van der Waals surface area contributed by atoms with Crippen molar-refractivity contribution in [2.45, 2.75) is 38.5 Å². The molecule has 0 spiro atoms. The molecular weight excluding hydrogens is 643 g/mol. The number of rotatable bonds is 12. The van der Waals surface area contributed by atoms with Gasteiger partial charge in [-0.2, -0.15) is 13.2 Å². The van der Waals surface area contributed by atoms with Crippen molar-refractivity contribution in [3.8, 4) is 11.8 Å². The summed E-state index contributed by atoms with van der Waals surface area (Å²) in [6.45, 7) is 4.99. The Hall–Kier alpha value is -5.16. The van der Waals surface area contributed by atoms with Crippen molar-refractivity contribution < 1.29 is 18.0 Å². The van der Waals surface area contributed by atoms with Crippen molar-refractivity contribution >= 4 is 29.1 Å². The molecule has 2 aromatic heterocycles. The van der Waals surface area contributed by atoms with Crippen molar-refractivity contribution in [3.63, 3.8) is 0 Å². The van der Waals surface area contributed by atoms with Crippen LogP contribution in [-0.2, 0) is 12.7 Å². The van der Waals surface area contributed by atoms with Gasteiger partial charge in [0.2, 0.25) is 0 Å². The molecule has 0 saturated carbocycles. The van der Waals surface area contributed by atoms with Crippen LogP contribution in [0, 0.1) is 18.8 Å². The highest BCUT2D eigenvalue weighted by atomic mass is 19.4. The molecule has 0 radical (unpaired) electrons. The van der Waals surface area contributed by atoms with E-state index in [-0.39, 0.29) is 29.4 Å². The molecule has 1 amide bonds. The number of aryl methyl sites for hydroxylation is 1. The van der Waals surface area contributed by atoms with E-state index < -0.39 is 17.6 Å². The van der Waals surface area contributed by atoms with Crippen LogP contribution in [0.15, 0.2) is 77.8 Å². The normalized spacial score (nSPS) is 15.4. The average molecular weight is 686 g/mol. The summed E-state index contributed by atoms with van der Waals surface area (Å²) in [6, 6.07) is 13.0. The third kappa shape index (κ3) is 9.09. The molecule has 2 aromatic carbocycles. The van der Waals surface area contributed by atoms with E-state index in [2.05, 4.69) is 43.1 Å². The van der Waals surface area contributed by atoms with Crippen molar-refractivity contribution in [2.75, 3.05) is 50.9 Å². The first kappa shape index (κ1) is 36.1. The molecule has 10 nitrogen and oxygen atoms in total. The zero-order chi connectivity index (χ0) is 35.7. The number of likely N-dealkylation sites (N-methyl/N-ethyl adjacent to an activating group) is 1. The predicted molar refractivity (Wildman–Crippen MR) is 192 cm³/mol. The molecule has 1 aliphatic rings. The van der Waals surface area contributed by atoms with Gasteiger partial charge in [-0.05, 0) is 93.9 Å². The van der Waals surface area contributed by atoms with Gasteiger partial charge in [0.1, 0.15) is 5.69 Å². The molecule has 5 rings (SSSR count). The van der Waals surface area contributed by atoms with E-state index in [0.29, 0.717) is 41.4 Å². The number of aromatic nitrogens is 2. The Morgan fingerprint density at radius 2 is 1.98 bits per heavy atom. The average Bonchev–Trinajstić information content (AvgIpc) is 3.74. The first-order valence-electron chi connectivity index (χ1n) is 16.4. The van der Waals surface area contributed by atoms with Crippen LogP contribution in [0.4, 0.5) is 24.5 Å². The number of nitrogens with one attached hydrogen (secondary N) is 4. The smallest absolute Gasteiger partial charge is 0.403 e. The Bertz CT molecular complexity index is 1940. The Morgan fingerprint density at radius 3 is 2.72 bits per heavy atom. The number of halogens is 3. The fraction of sp³-hybridized carbons (Fsp3) is 0.324. The van der Waals surface area contributed by atoms with Gasteiger partial charge in [0, 0.05) is 67.6 Å². The first-order chi connectivity index (χ1) is 24.1. The second-order valence-electron chi connectivity index (χ2n) is 12.1. The summed E-state index contributed by atoms with van der Waals surface area (Å²) in [4.78, 5) is 24.2. The number of fused-ring (bicyclic) bond motifs is 1. The molecule has 1 unspecified atom stereocenters. The minimum Gasteiger partial charge on any atom is -0.403 e. The van der Waals surface area contributed by atoms with Gasteiger partial charge in [0.05, 0.1) is 23.1 Å². The zero-order valence-corrected chi connectivity index (χ0v) is 28.4. The second kappa shape index (κ2) is 16.5. The fourth-order valence-electron chi connectivity index (χ4n) is 5.72. The molecular formula is C37H42F3N9O. The Morgan fingerprint density at radius 1 is 1.14 bits per heavy atom. The Kier molecular flexibility index (Phi) is 11.9. The molecule has 0 bridgehead atoms. The van der Waals surface area contributed by atoms with Crippen molar-refractivity contribution in [3.05, 3.63) is 106 Å². The number of alkyl halides is 3. The summed E-state index contributed by atoms with van der Waals surface area (Å²) in [6.07, 6.45) is 3.85. The Labute approximate surface area is 290 Å². The standard InChI is InChI=1S/C37H42F3N9O/c1-25-7-8-27(36(50)47-29-11-9-28(33(19-29)37(38,39)40)23-48-17-13-30(24-48)43-3)18-26(25)10-12-32-22-45-35-34(6-4-16-49(32)35)46-31(20-41)21-44-15-5-14-42-2/h4,6-9,11,16,18-22,30,42-43,46H,5,13-15,17,23-24,41H2,1-3H3,(H,47,50). The van der Waals surface area contributed by atoms with Crippen LogP contribution in [0.5, 0.6) is 0 Å². The highest BCUT2D eigenvalue weighted by Gasteiger charge is 2.35. The highest BCUT2D eigenvalue weighted by Crippen LogP contribution is 2.35. The van der Waals surface area contributed by atoms with Crippen molar-refractivity contribution in [1.82, 2.24) is 24.9 Å². The van der Waals surface area contributed by atoms with Gasteiger partial charge >= 0.3 is 6.18 Å². The molecule has 13 heteroatoms. The number of nitrogens with zero attached hydrogens (tertiary/aromatic N) is 4. The summed E-state index contributed by atoms with van der Waals surface area (Å²) >= 11 is 0. The van der Waals surface area contributed by atoms with Gasteiger partial charge in [-0.3, -0.25) is 19.1 Å². The predicted octanol–water partition coefficient (Wildman–Crippen LogP) is 5.00. The summed E-state index contributed by atoms with van der Waals surface area (Å²) < 4.78 is 44.1. The van der Waals surface area contributed by atoms with Crippen LogP contribution in [0.25, 0.3) is 5.65 Å². The van der Waals surface area contributed by atoms with Crippen LogP contribution in [-0.4, -0.2) is 72.7 Å². The second-order valence-corrected chi connectivity index (χ2v) is 12.1. The Balaban J connectivity index is 1.31. The number of carbonyl (C=O) groups is 1. The summed E-state index contributed by atoms with van der Waals surface area (Å²) in [7, 11) is 3.75.